The number of nitrogens with two attached hydrogens (primary N) is 1. The Balaban J connectivity index is 1.44. The van der Waals surface area contributed by atoms with Gasteiger partial charge in [-0.1, -0.05) is 104 Å². The lowest BCUT2D eigenvalue weighted by atomic mass is 9.65. The highest BCUT2D eigenvalue weighted by atomic mass is 16.6. The van der Waals surface area contributed by atoms with Crippen LogP contribution in [-0.2, 0) is 34.0 Å². The van der Waals surface area contributed by atoms with Crippen molar-refractivity contribution in [3.8, 4) is 17.6 Å². The fraction of sp³-hybridized carbons (Fsp3) is 0.375. The molecule has 4 N–H and O–H groups in total. The van der Waals surface area contributed by atoms with E-state index in [2.05, 4.69) is 11.8 Å². The summed E-state index contributed by atoms with van der Waals surface area (Å²) >= 11 is 0. The summed E-state index contributed by atoms with van der Waals surface area (Å²) in [6.07, 6.45) is 2.71. The molecule has 13 heteroatoms. The first-order chi connectivity index (χ1) is 29.6. The van der Waals surface area contributed by atoms with Crippen LogP contribution in [-0.4, -0.2) is 84.2 Å². The van der Waals surface area contributed by atoms with Crippen molar-refractivity contribution < 1.29 is 48.3 Å². The SMILES string of the molecule is COCCOC(=O)N1C(=O)[C@@]2(c3cc(C#CC4(O)CCCCCC4)ccc31)[C@H](C(N)=O)[C@H]1C(=O)O[C@H](c3ccccc3)[C@H](c3ccccc3)N1[C@@H]2c1ccccc1OCCO. The van der Waals surface area contributed by atoms with Gasteiger partial charge in [-0.05, 0) is 66.6 Å². The molecule has 6 atom stereocenters. The van der Waals surface area contributed by atoms with Gasteiger partial charge < -0.3 is 34.9 Å². The van der Waals surface area contributed by atoms with E-state index < -0.39 is 65.0 Å². The molecule has 4 aromatic carbocycles. The molecular formula is C48H49N3O10. The number of primary amides is 1. The molecule has 2 saturated heterocycles. The molecule has 4 aromatic rings. The van der Waals surface area contributed by atoms with Gasteiger partial charge in [0.15, 0.2) is 0 Å². The molecule has 13 nitrogen and oxygen atoms in total. The van der Waals surface area contributed by atoms with Gasteiger partial charge in [0.05, 0.1) is 36.9 Å². The Labute approximate surface area is 354 Å². The van der Waals surface area contributed by atoms with Crippen LogP contribution in [0.25, 0.3) is 0 Å². The summed E-state index contributed by atoms with van der Waals surface area (Å²) in [4.78, 5) is 62.4. The lowest BCUT2D eigenvalue weighted by Gasteiger charge is -2.46. The molecule has 316 valence electrons. The third kappa shape index (κ3) is 7.44. The van der Waals surface area contributed by atoms with Crippen molar-refractivity contribution in [3.63, 3.8) is 0 Å². The largest absolute Gasteiger partial charge is 0.491 e. The number of para-hydroxylation sites is 1. The smallest absolute Gasteiger partial charge is 0.421 e. The molecule has 8 rings (SSSR count). The highest BCUT2D eigenvalue weighted by Crippen LogP contribution is 2.66. The number of aliphatic hydroxyl groups is 2. The maximum Gasteiger partial charge on any atom is 0.421 e. The number of benzene rings is 4. The van der Waals surface area contributed by atoms with Gasteiger partial charge in [-0.25, -0.2) is 9.69 Å². The third-order valence-electron chi connectivity index (χ3n) is 12.4. The minimum Gasteiger partial charge on any atom is -0.491 e. The second kappa shape index (κ2) is 17.5. The van der Waals surface area contributed by atoms with Crippen molar-refractivity contribution in [2.75, 3.05) is 38.4 Å². The van der Waals surface area contributed by atoms with E-state index in [0.717, 1.165) is 30.6 Å². The minimum absolute atomic E-state index is 0.0483. The summed E-state index contributed by atoms with van der Waals surface area (Å²) < 4.78 is 23.3. The highest BCUT2D eigenvalue weighted by Gasteiger charge is 2.76. The van der Waals surface area contributed by atoms with E-state index in [1.807, 2.05) is 65.6 Å². The van der Waals surface area contributed by atoms with Gasteiger partial charge >= 0.3 is 12.1 Å². The van der Waals surface area contributed by atoms with E-state index in [1.165, 1.54) is 7.11 Å². The normalized spacial score (nSPS) is 25.4. The molecule has 3 aliphatic heterocycles. The van der Waals surface area contributed by atoms with Gasteiger partial charge in [0.25, 0.3) is 0 Å². The molecule has 1 saturated carbocycles. The predicted molar refractivity (Wildman–Crippen MR) is 223 cm³/mol. The van der Waals surface area contributed by atoms with Crippen LogP contribution in [0, 0.1) is 17.8 Å². The van der Waals surface area contributed by atoms with Crippen molar-refractivity contribution in [3.05, 3.63) is 131 Å². The lowest BCUT2D eigenvalue weighted by molar-refractivity contribution is -0.178. The van der Waals surface area contributed by atoms with E-state index in [0.29, 0.717) is 35.1 Å². The van der Waals surface area contributed by atoms with Crippen molar-refractivity contribution in [2.45, 2.75) is 73.8 Å². The molecule has 1 aliphatic carbocycles. The maximum absolute atomic E-state index is 16.0. The number of morpholine rings is 1. The lowest BCUT2D eigenvalue weighted by Crippen LogP contribution is -2.55. The monoisotopic (exact) mass is 827 g/mol. The number of cyclic esters (lactones) is 1. The molecule has 1 spiro atoms. The third-order valence-corrected chi connectivity index (χ3v) is 12.4. The summed E-state index contributed by atoms with van der Waals surface area (Å²) in [7, 11) is 1.45. The summed E-state index contributed by atoms with van der Waals surface area (Å²) in [5.74, 6) is 2.28. The Bertz CT molecular complexity index is 2340. The number of rotatable bonds is 10. The van der Waals surface area contributed by atoms with Crippen molar-refractivity contribution in [2.24, 2.45) is 11.7 Å². The number of carbonyl (C=O) groups excluding carboxylic acids is 4. The number of amides is 3. The summed E-state index contributed by atoms with van der Waals surface area (Å²) in [5.41, 5.74) is 5.63. The number of hydrogen-bond donors (Lipinski definition) is 3. The molecule has 0 bridgehead atoms. The Morgan fingerprint density at radius 2 is 1.52 bits per heavy atom. The number of carbonyl (C=O) groups is 4. The molecule has 61 heavy (non-hydrogen) atoms. The van der Waals surface area contributed by atoms with Gasteiger partial charge in [-0.3, -0.25) is 19.3 Å². The number of fused-ring (bicyclic) bond motifs is 3. The number of imide groups is 1. The Kier molecular flexibility index (Phi) is 12.0. The number of hydrogen-bond acceptors (Lipinski definition) is 11. The zero-order valence-corrected chi connectivity index (χ0v) is 33.9. The number of nitrogens with zero attached hydrogens (tertiary/aromatic N) is 2. The summed E-state index contributed by atoms with van der Waals surface area (Å²) in [6, 6.07) is 26.8. The van der Waals surface area contributed by atoms with Gasteiger partial charge in [0.2, 0.25) is 11.8 Å². The summed E-state index contributed by atoms with van der Waals surface area (Å²) in [6.45, 7) is -0.569. The van der Waals surface area contributed by atoms with Gasteiger partial charge in [0.1, 0.15) is 42.1 Å². The first-order valence-corrected chi connectivity index (χ1v) is 20.7. The average molecular weight is 828 g/mol. The topological polar surface area (TPSA) is 178 Å². The van der Waals surface area contributed by atoms with Crippen molar-refractivity contribution in [1.82, 2.24) is 4.90 Å². The maximum atomic E-state index is 16.0. The average Bonchev–Trinajstić information content (AvgIpc) is 3.61. The second-order valence-corrected chi connectivity index (χ2v) is 16.0. The number of ether oxygens (including phenoxy) is 4. The van der Waals surface area contributed by atoms with Crippen LogP contribution in [0.1, 0.15) is 84.5 Å². The van der Waals surface area contributed by atoms with E-state index in [1.54, 1.807) is 42.5 Å². The number of aliphatic hydroxyl groups excluding tert-OH is 1. The first-order valence-electron chi connectivity index (χ1n) is 20.7. The van der Waals surface area contributed by atoms with E-state index in [-0.39, 0.29) is 43.4 Å². The highest BCUT2D eigenvalue weighted by molar-refractivity contribution is 6.23. The minimum atomic E-state index is -2.11. The van der Waals surface area contributed by atoms with Crippen LogP contribution in [0.15, 0.2) is 103 Å². The quantitative estimate of drug-likeness (QED) is 0.0804. The molecule has 3 heterocycles. The molecule has 4 aliphatic rings. The fourth-order valence-electron chi connectivity index (χ4n) is 9.86. The van der Waals surface area contributed by atoms with Crippen LogP contribution in [0.3, 0.4) is 0 Å². The van der Waals surface area contributed by atoms with E-state index in [9.17, 15) is 24.6 Å². The molecular weight excluding hydrogens is 779 g/mol. The first kappa shape index (κ1) is 41.7. The van der Waals surface area contributed by atoms with Crippen LogP contribution < -0.4 is 15.4 Å². The van der Waals surface area contributed by atoms with Crippen LogP contribution in [0.2, 0.25) is 0 Å². The van der Waals surface area contributed by atoms with Gasteiger partial charge in [0, 0.05) is 18.2 Å². The fourth-order valence-corrected chi connectivity index (χ4v) is 9.86. The van der Waals surface area contributed by atoms with Crippen LogP contribution in [0.4, 0.5) is 10.5 Å². The Hall–Kier alpha value is -6.04. The zero-order chi connectivity index (χ0) is 42.7. The molecule has 3 fully saturated rings. The Morgan fingerprint density at radius 3 is 2.20 bits per heavy atom. The predicted octanol–water partition coefficient (Wildman–Crippen LogP) is 5.43. The van der Waals surface area contributed by atoms with E-state index in [4.69, 9.17) is 24.7 Å². The molecule has 3 amide bonds. The van der Waals surface area contributed by atoms with Crippen LogP contribution in [0.5, 0.6) is 5.75 Å². The Morgan fingerprint density at radius 1 is 0.852 bits per heavy atom. The molecule has 0 aromatic heterocycles. The van der Waals surface area contributed by atoms with Gasteiger partial charge in [-0.15, -0.1) is 0 Å². The number of esters is 1. The molecule has 0 radical (unpaired) electrons. The summed E-state index contributed by atoms with van der Waals surface area (Å²) in [5, 5.41) is 21.5. The second-order valence-electron chi connectivity index (χ2n) is 16.0. The zero-order valence-electron chi connectivity index (χ0n) is 33.9. The number of methoxy groups -OCH3 is 1. The standard InChI is InChI=1S/C48H49N3O10/c1-58-28-29-60-46(56)50-36-21-20-31(22-25-47(57)23-12-2-3-13-24-47)30-35(36)48(45(50)55)38(43(49)53)40-44(54)61-41(33-16-8-5-9-17-33)39(32-14-6-4-7-15-32)51(40)42(48)34-18-10-11-19-37(34)59-27-26-52/h4-11,14-21,30,38-42,52,57H,2-3,12-13,23-24,26-29H2,1H3,(H2,49,53)/t38-,39-,40-,41+,42+,48-/m0/s1. The van der Waals surface area contributed by atoms with Gasteiger partial charge in [-0.2, -0.15) is 0 Å². The number of anilines is 1. The van der Waals surface area contributed by atoms with Crippen LogP contribution >= 0.6 is 0 Å². The van der Waals surface area contributed by atoms with Crippen molar-refractivity contribution >= 4 is 29.6 Å². The van der Waals surface area contributed by atoms with E-state index >= 15 is 4.79 Å². The molecule has 0 unspecified atom stereocenters. The van der Waals surface area contributed by atoms with Crippen molar-refractivity contribution in [1.29, 1.82) is 0 Å².